The molecule has 1 aromatic rings. The molecule has 0 unspecified atom stereocenters. The van der Waals surface area contributed by atoms with Crippen molar-refractivity contribution in [2.45, 2.75) is 33.1 Å². The minimum Gasteiger partial charge on any atom is -0.493 e. The van der Waals surface area contributed by atoms with Crippen molar-refractivity contribution < 1.29 is 19.4 Å². The lowest BCUT2D eigenvalue weighted by atomic mass is 10.1. The van der Waals surface area contributed by atoms with Crippen molar-refractivity contribution in [3.63, 3.8) is 0 Å². The number of carbonyl (C=O) groups is 2. The number of nitrogens with one attached hydrogen (secondary N) is 1. The van der Waals surface area contributed by atoms with Crippen molar-refractivity contribution >= 4 is 11.9 Å². The lowest BCUT2D eigenvalue weighted by molar-refractivity contribution is -0.137. The maximum Gasteiger partial charge on any atom is 0.303 e. The average Bonchev–Trinajstić information content (AvgIpc) is 2.39. The Labute approximate surface area is 118 Å². The molecule has 0 fully saturated rings. The molecule has 2 N–H and O–H groups in total. The lowest BCUT2D eigenvalue weighted by Gasteiger charge is -2.08. The maximum atomic E-state index is 11.5. The summed E-state index contributed by atoms with van der Waals surface area (Å²) >= 11 is 0. The van der Waals surface area contributed by atoms with E-state index in [-0.39, 0.29) is 18.7 Å². The van der Waals surface area contributed by atoms with Gasteiger partial charge in [-0.25, -0.2) is 0 Å². The van der Waals surface area contributed by atoms with Gasteiger partial charge in [-0.3, -0.25) is 9.59 Å². The Morgan fingerprint density at radius 3 is 2.60 bits per heavy atom. The fourth-order valence-corrected chi connectivity index (χ4v) is 1.62. The third-order valence-corrected chi connectivity index (χ3v) is 2.97. The standard InChI is InChI=1S/C15H21NO4/c1-11-5-6-13(10-12(11)2)20-9-7-14(17)16-8-3-4-15(18)19/h5-6,10H,3-4,7-9H2,1-2H3,(H,16,17)(H,18,19). The second-order valence-corrected chi connectivity index (χ2v) is 4.69. The highest BCUT2D eigenvalue weighted by atomic mass is 16.5. The normalized spacial score (nSPS) is 10.1. The zero-order valence-corrected chi connectivity index (χ0v) is 11.9. The lowest BCUT2D eigenvalue weighted by Crippen LogP contribution is -2.26. The van der Waals surface area contributed by atoms with Gasteiger partial charge in [0.25, 0.3) is 0 Å². The molecular formula is C15H21NO4. The van der Waals surface area contributed by atoms with Crippen LogP contribution in [0.15, 0.2) is 18.2 Å². The molecule has 0 radical (unpaired) electrons. The summed E-state index contributed by atoms with van der Waals surface area (Å²) in [6.07, 6.45) is 0.776. The van der Waals surface area contributed by atoms with Gasteiger partial charge in [0.05, 0.1) is 13.0 Å². The van der Waals surface area contributed by atoms with Gasteiger partial charge in [0.1, 0.15) is 5.75 Å². The summed E-state index contributed by atoms with van der Waals surface area (Å²) < 4.78 is 5.50. The van der Waals surface area contributed by atoms with Crippen LogP contribution in [0.25, 0.3) is 0 Å². The topological polar surface area (TPSA) is 75.6 Å². The van der Waals surface area contributed by atoms with E-state index in [2.05, 4.69) is 5.32 Å². The zero-order valence-electron chi connectivity index (χ0n) is 11.9. The number of ether oxygens (including phenoxy) is 1. The van der Waals surface area contributed by atoms with Crippen LogP contribution in [-0.2, 0) is 9.59 Å². The number of amides is 1. The number of rotatable bonds is 8. The predicted molar refractivity (Wildman–Crippen MR) is 75.9 cm³/mol. The summed E-state index contributed by atoms with van der Waals surface area (Å²) in [7, 11) is 0. The molecule has 5 nitrogen and oxygen atoms in total. The fraction of sp³-hybridized carbons (Fsp3) is 0.467. The SMILES string of the molecule is Cc1ccc(OCCC(=O)NCCCC(=O)O)cc1C. The first kappa shape index (κ1) is 16.0. The number of aryl methyl sites for hydroxylation is 2. The van der Waals surface area contributed by atoms with E-state index in [1.807, 2.05) is 32.0 Å². The summed E-state index contributed by atoms with van der Waals surface area (Å²) in [5.74, 6) is -0.219. The molecule has 0 aromatic heterocycles. The molecule has 0 bridgehead atoms. The molecule has 0 heterocycles. The van der Waals surface area contributed by atoms with Crippen LogP contribution in [0.4, 0.5) is 0 Å². The van der Waals surface area contributed by atoms with Crippen LogP contribution in [0.5, 0.6) is 5.75 Å². The molecule has 0 aliphatic rings. The van der Waals surface area contributed by atoms with Crippen LogP contribution in [0, 0.1) is 13.8 Å². The number of benzene rings is 1. The fourth-order valence-electron chi connectivity index (χ4n) is 1.62. The molecular weight excluding hydrogens is 258 g/mol. The molecule has 0 saturated heterocycles. The Hall–Kier alpha value is -2.04. The van der Waals surface area contributed by atoms with E-state index in [0.29, 0.717) is 19.6 Å². The summed E-state index contributed by atoms with van der Waals surface area (Å²) in [6.45, 7) is 4.74. The Morgan fingerprint density at radius 1 is 1.20 bits per heavy atom. The first-order valence-corrected chi connectivity index (χ1v) is 6.67. The molecule has 5 heteroatoms. The summed E-state index contributed by atoms with van der Waals surface area (Å²) in [6, 6.07) is 5.81. The Kier molecular flexibility index (Phi) is 6.56. The Morgan fingerprint density at radius 2 is 1.95 bits per heavy atom. The minimum absolute atomic E-state index is 0.0689. The van der Waals surface area contributed by atoms with Crippen molar-refractivity contribution in [3.8, 4) is 5.75 Å². The van der Waals surface area contributed by atoms with Gasteiger partial charge in [-0.1, -0.05) is 6.07 Å². The van der Waals surface area contributed by atoms with Crippen molar-refractivity contribution in [2.24, 2.45) is 0 Å². The largest absolute Gasteiger partial charge is 0.493 e. The van der Waals surface area contributed by atoms with Crippen LogP contribution in [-0.4, -0.2) is 30.1 Å². The molecule has 1 amide bonds. The molecule has 1 rings (SSSR count). The molecule has 0 aliphatic heterocycles. The molecule has 110 valence electrons. The third kappa shape index (κ3) is 6.22. The van der Waals surface area contributed by atoms with Crippen LogP contribution in [0.2, 0.25) is 0 Å². The summed E-state index contributed by atoms with van der Waals surface area (Å²) in [4.78, 5) is 21.8. The van der Waals surface area contributed by atoms with E-state index in [1.165, 1.54) is 5.56 Å². The van der Waals surface area contributed by atoms with Crippen LogP contribution < -0.4 is 10.1 Å². The van der Waals surface area contributed by atoms with Gasteiger partial charge < -0.3 is 15.2 Å². The van der Waals surface area contributed by atoms with Crippen molar-refractivity contribution in [3.05, 3.63) is 29.3 Å². The van der Waals surface area contributed by atoms with E-state index >= 15 is 0 Å². The number of carbonyl (C=O) groups excluding carboxylic acids is 1. The molecule has 0 spiro atoms. The molecule has 0 saturated carbocycles. The quantitative estimate of drug-likeness (QED) is 0.714. The highest BCUT2D eigenvalue weighted by Gasteiger charge is 2.03. The number of hydrogen-bond donors (Lipinski definition) is 2. The first-order chi connectivity index (χ1) is 9.49. The van der Waals surface area contributed by atoms with Gasteiger partial charge in [-0.2, -0.15) is 0 Å². The monoisotopic (exact) mass is 279 g/mol. The zero-order chi connectivity index (χ0) is 15.0. The summed E-state index contributed by atoms with van der Waals surface area (Å²) in [5, 5.41) is 11.1. The van der Waals surface area contributed by atoms with E-state index in [9.17, 15) is 9.59 Å². The van der Waals surface area contributed by atoms with E-state index in [0.717, 1.165) is 11.3 Å². The first-order valence-electron chi connectivity index (χ1n) is 6.67. The van der Waals surface area contributed by atoms with Gasteiger partial charge in [0, 0.05) is 13.0 Å². The smallest absolute Gasteiger partial charge is 0.303 e. The maximum absolute atomic E-state index is 11.5. The number of aliphatic carboxylic acids is 1. The average molecular weight is 279 g/mol. The number of carboxylic acids is 1. The molecule has 0 aliphatic carbocycles. The van der Waals surface area contributed by atoms with Gasteiger partial charge >= 0.3 is 5.97 Å². The molecule has 0 atom stereocenters. The van der Waals surface area contributed by atoms with Crippen molar-refractivity contribution in [1.82, 2.24) is 5.32 Å². The van der Waals surface area contributed by atoms with Crippen LogP contribution in [0.3, 0.4) is 0 Å². The molecule has 20 heavy (non-hydrogen) atoms. The van der Waals surface area contributed by atoms with E-state index in [4.69, 9.17) is 9.84 Å². The Balaban J connectivity index is 2.18. The second-order valence-electron chi connectivity index (χ2n) is 4.69. The van der Waals surface area contributed by atoms with Crippen LogP contribution in [0.1, 0.15) is 30.4 Å². The highest BCUT2D eigenvalue weighted by Crippen LogP contribution is 2.16. The van der Waals surface area contributed by atoms with Crippen molar-refractivity contribution in [2.75, 3.05) is 13.2 Å². The van der Waals surface area contributed by atoms with E-state index < -0.39 is 5.97 Å². The minimum atomic E-state index is -0.850. The van der Waals surface area contributed by atoms with E-state index in [1.54, 1.807) is 0 Å². The molecule has 1 aromatic carbocycles. The summed E-state index contributed by atoms with van der Waals surface area (Å²) in [5.41, 5.74) is 2.36. The van der Waals surface area contributed by atoms with Crippen molar-refractivity contribution in [1.29, 1.82) is 0 Å². The second kappa shape index (κ2) is 8.19. The Bertz CT molecular complexity index is 471. The third-order valence-electron chi connectivity index (χ3n) is 2.97. The number of carboxylic acid groups (broad SMARTS) is 1. The highest BCUT2D eigenvalue weighted by molar-refractivity contribution is 5.76. The predicted octanol–water partition coefficient (Wildman–Crippen LogP) is 2.05. The van der Waals surface area contributed by atoms with Gasteiger partial charge in [0.2, 0.25) is 5.91 Å². The van der Waals surface area contributed by atoms with Gasteiger partial charge in [-0.15, -0.1) is 0 Å². The van der Waals surface area contributed by atoms with Crippen LogP contribution >= 0.6 is 0 Å². The number of hydrogen-bond acceptors (Lipinski definition) is 3. The van der Waals surface area contributed by atoms with Gasteiger partial charge in [0.15, 0.2) is 0 Å². The van der Waals surface area contributed by atoms with Gasteiger partial charge in [-0.05, 0) is 43.5 Å².